The molecule has 0 aliphatic carbocycles. The van der Waals surface area contributed by atoms with Crippen LogP contribution in [0.15, 0.2) is 49.1 Å². The molecule has 0 unspecified atom stereocenters. The van der Waals surface area contributed by atoms with Crippen LogP contribution in [-0.4, -0.2) is 194 Å². The summed E-state index contributed by atoms with van der Waals surface area (Å²) in [5.41, 5.74) is 16.9. The van der Waals surface area contributed by atoms with Crippen molar-refractivity contribution in [2.24, 2.45) is 5.73 Å². The predicted octanol–water partition coefficient (Wildman–Crippen LogP) is 1.87. The van der Waals surface area contributed by atoms with Gasteiger partial charge in [0.25, 0.3) is 0 Å². The Hall–Kier alpha value is -5.24. The Morgan fingerprint density at radius 1 is 0.671 bits per heavy atom. The van der Waals surface area contributed by atoms with Crippen LogP contribution < -0.4 is 22.1 Å². The molecule has 386 valence electrons. The number of hydrogen-bond donors (Lipinski definition) is 6. The van der Waals surface area contributed by atoms with Crippen LogP contribution in [0.4, 0.5) is 11.6 Å². The molecule has 2 amide bonds. The van der Waals surface area contributed by atoms with Crippen molar-refractivity contribution in [1.29, 1.82) is 5.41 Å². The monoisotopic (exact) mass is 981 g/mol. The van der Waals surface area contributed by atoms with Gasteiger partial charge in [-0.05, 0) is 35.2 Å². The topological polar surface area (TPSA) is 284 Å². The van der Waals surface area contributed by atoms with Crippen molar-refractivity contribution in [1.82, 2.24) is 30.2 Å². The molecular weight excluding hydrogens is 909 g/mol. The number of nitrogens with two attached hydrogens (primary N) is 2. The largest absolute Gasteiger partial charge is 0.383 e. The molecule has 8 N–H and O–H groups in total. The number of hydrogen-bond acceptors (Lipinski definition) is 19. The molecule has 0 radical (unpaired) electrons. The van der Waals surface area contributed by atoms with E-state index in [0.29, 0.717) is 188 Å². The molecular formula is C48H72N10O12. The third kappa shape index (κ3) is 21.4. The van der Waals surface area contributed by atoms with Gasteiger partial charge in [-0.3, -0.25) is 15.0 Å². The summed E-state index contributed by atoms with van der Waals surface area (Å²) in [4.78, 5) is 42.8. The molecule has 22 heteroatoms. The van der Waals surface area contributed by atoms with Crippen LogP contribution in [-0.2, 0) is 76.5 Å². The van der Waals surface area contributed by atoms with Crippen molar-refractivity contribution in [3.05, 3.63) is 76.9 Å². The quantitative estimate of drug-likeness (QED) is 0.0274. The number of pyridine rings is 1. The molecule has 1 aromatic carbocycles. The normalized spacial score (nSPS) is 12.4. The minimum atomic E-state index is -0.102. The van der Waals surface area contributed by atoms with Crippen molar-refractivity contribution in [3.8, 4) is 0 Å². The number of aromatic nitrogens is 4. The molecule has 0 saturated carbocycles. The molecule has 4 aromatic rings. The van der Waals surface area contributed by atoms with Crippen molar-refractivity contribution in [3.63, 3.8) is 0 Å². The number of ether oxygens (including phenoxy) is 10. The van der Waals surface area contributed by atoms with Gasteiger partial charge in [-0.25, -0.2) is 15.0 Å². The summed E-state index contributed by atoms with van der Waals surface area (Å²) in [6.45, 7) is 11.3. The van der Waals surface area contributed by atoms with Crippen molar-refractivity contribution < 1.29 is 57.0 Å². The van der Waals surface area contributed by atoms with Gasteiger partial charge in [-0.2, -0.15) is 0 Å². The van der Waals surface area contributed by atoms with E-state index in [4.69, 9.17) is 64.2 Å². The number of rotatable bonds is 40. The van der Waals surface area contributed by atoms with Crippen molar-refractivity contribution >= 4 is 40.2 Å². The van der Waals surface area contributed by atoms with E-state index in [1.165, 1.54) is 11.9 Å². The number of carbonyl (C=O) groups excluding carboxylic acids is 2. The molecule has 4 heterocycles. The van der Waals surface area contributed by atoms with Gasteiger partial charge in [0, 0.05) is 62.5 Å². The summed E-state index contributed by atoms with van der Waals surface area (Å²) in [7, 11) is 0. The fraction of sp³-hybridized carbons (Fsp3) is 0.583. The Kier molecular flexibility index (Phi) is 27.2. The summed E-state index contributed by atoms with van der Waals surface area (Å²) in [6.07, 6.45) is 6.14. The molecule has 0 bridgehead atoms. The van der Waals surface area contributed by atoms with Crippen LogP contribution in [0.2, 0.25) is 0 Å². The number of fused-ring (bicyclic) bond motifs is 2. The van der Waals surface area contributed by atoms with Gasteiger partial charge < -0.3 is 79.4 Å². The van der Waals surface area contributed by atoms with E-state index in [-0.39, 0.29) is 29.8 Å². The van der Waals surface area contributed by atoms with Gasteiger partial charge in [0.2, 0.25) is 11.8 Å². The van der Waals surface area contributed by atoms with Gasteiger partial charge in [-0.1, -0.05) is 18.2 Å². The summed E-state index contributed by atoms with van der Waals surface area (Å²) < 4.78 is 54.7. The molecule has 5 rings (SSSR count). The molecule has 0 spiro atoms. The summed E-state index contributed by atoms with van der Waals surface area (Å²) >= 11 is 0. The van der Waals surface area contributed by atoms with E-state index >= 15 is 0 Å². The van der Waals surface area contributed by atoms with Crippen LogP contribution in [0.3, 0.4) is 0 Å². The lowest BCUT2D eigenvalue weighted by molar-refractivity contribution is -0.133. The van der Waals surface area contributed by atoms with E-state index in [2.05, 4.69) is 42.7 Å². The van der Waals surface area contributed by atoms with Crippen molar-refractivity contribution in [2.45, 2.75) is 32.4 Å². The number of aromatic amines is 1. The standard InChI is InChI=1S/C48H72N10O12/c49-7-13-63-17-21-67-25-29-69-27-23-65-19-15-61-11-5-42(59)52-9-14-64-18-22-68-26-30-70-28-24-66-20-16-62-12-6-43(60)58-10-4-38-31-37(1-2-40(38)35-58)33-54-48-44(46(51)56-36-57-48)45(50)41-32-39-3-8-53-47(39)55-34-41/h1-3,8,31-32,34,36,50H,4-7,9-30,33,35,49H2,(H,52,59)(H,53,55)(H3,51,54,56,57). The third-order valence-electron chi connectivity index (χ3n) is 10.7. The number of amides is 2. The fourth-order valence-electron chi connectivity index (χ4n) is 7.00. The van der Waals surface area contributed by atoms with Gasteiger partial charge in [0.05, 0.1) is 150 Å². The Bertz CT molecular complexity index is 2110. The number of anilines is 2. The Balaban J connectivity index is 0.771. The van der Waals surface area contributed by atoms with E-state index < -0.39 is 0 Å². The maximum atomic E-state index is 13.0. The van der Waals surface area contributed by atoms with Crippen LogP contribution in [0.1, 0.15) is 40.7 Å². The third-order valence-corrected chi connectivity index (χ3v) is 10.7. The second kappa shape index (κ2) is 34.1. The van der Waals surface area contributed by atoms with E-state index in [9.17, 15) is 9.59 Å². The maximum absolute atomic E-state index is 13.0. The predicted molar refractivity (Wildman–Crippen MR) is 261 cm³/mol. The van der Waals surface area contributed by atoms with E-state index in [1.54, 1.807) is 12.4 Å². The van der Waals surface area contributed by atoms with E-state index in [0.717, 1.165) is 28.6 Å². The van der Waals surface area contributed by atoms with Gasteiger partial charge in [0.1, 0.15) is 23.6 Å². The van der Waals surface area contributed by atoms with Crippen LogP contribution in [0.25, 0.3) is 11.0 Å². The number of benzene rings is 1. The highest BCUT2D eigenvalue weighted by Gasteiger charge is 2.22. The zero-order valence-electron chi connectivity index (χ0n) is 40.3. The average molecular weight is 981 g/mol. The molecule has 1 aliphatic heterocycles. The second-order valence-corrected chi connectivity index (χ2v) is 15.8. The minimum Gasteiger partial charge on any atom is -0.383 e. The van der Waals surface area contributed by atoms with E-state index in [1.807, 2.05) is 23.1 Å². The molecule has 3 aromatic heterocycles. The zero-order valence-corrected chi connectivity index (χ0v) is 40.3. The molecule has 70 heavy (non-hydrogen) atoms. The van der Waals surface area contributed by atoms with Crippen LogP contribution in [0.5, 0.6) is 0 Å². The number of nitrogens with zero attached hydrogens (tertiary/aromatic N) is 4. The first kappa shape index (κ1) is 55.7. The second-order valence-electron chi connectivity index (χ2n) is 15.8. The van der Waals surface area contributed by atoms with Crippen LogP contribution >= 0.6 is 0 Å². The molecule has 0 atom stereocenters. The molecule has 22 nitrogen and oxygen atoms in total. The Morgan fingerprint density at radius 2 is 1.24 bits per heavy atom. The molecule has 1 aliphatic rings. The van der Waals surface area contributed by atoms with Gasteiger partial charge in [0.15, 0.2) is 0 Å². The Labute approximate surface area is 409 Å². The maximum Gasteiger partial charge on any atom is 0.225 e. The first-order chi connectivity index (χ1) is 34.4. The lowest BCUT2D eigenvalue weighted by atomic mass is 9.97. The SMILES string of the molecule is N=C(c1cnc2[nH]ccc2c1)c1c(N)ncnc1NCc1ccc2c(c1)CCN(C(=O)CCOCCOCCOCCOCCOCCNC(=O)CCOCCOCCOCCOCCOCCN)C2. The first-order valence-electron chi connectivity index (χ1n) is 23.9. The number of nitrogen functional groups attached to an aromatic ring is 1. The minimum absolute atomic E-state index is 0.0565. The molecule has 0 fully saturated rings. The molecule has 0 saturated heterocycles. The summed E-state index contributed by atoms with van der Waals surface area (Å²) in [6, 6.07) is 10.0. The average Bonchev–Trinajstić information content (AvgIpc) is 3.85. The lowest BCUT2D eigenvalue weighted by Crippen LogP contribution is -2.36. The summed E-state index contributed by atoms with van der Waals surface area (Å²) in [5.74, 6) is 0.633. The zero-order chi connectivity index (χ0) is 49.3. The number of carbonyl (C=O) groups is 2. The van der Waals surface area contributed by atoms with Crippen LogP contribution in [0, 0.1) is 5.41 Å². The highest BCUT2D eigenvalue weighted by molar-refractivity contribution is 6.16. The first-order valence-corrected chi connectivity index (χ1v) is 23.9. The smallest absolute Gasteiger partial charge is 0.225 e. The van der Waals surface area contributed by atoms with Gasteiger partial charge >= 0.3 is 0 Å². The summed E-state index contributed by atoms with van der Waals surface area (Å²) in [5, 5.41) is 15.9. The fourth-order valence-corrected chi connectivity index (χ4v) is 7.00. The number of H-pyrrole nitrogens is 1. The lowest BCUT2D eigenvalue weighted by Gasteiger charge is -2.29. The van der Waals surface area contributed by atoms with Crippen molar-refractivity contribution in [2.75, 3.05) is 163 Å². The Morgan fingerprint density at radius 3 is 1.86 bits per heavy atom. The highest BCUT2D eigenvalue weighted by atomic mass is 16.6. The number of nitrogens with one attached hydrogen (secondary N) is 4. The van der Waals surface area contributed by atoms with Gasteiger partial charge in [-0.15, -0.1) is 0 Å². The highest BCUT2D eigenvalue weighted by Crippen LogP contribution is 2.25.